The highest BCUT2D eigenvalue weighted by molar-refractivity contribution is 7.73. The summed E-state index contributed by atoms with van der Waals surface area (Å²) < 4.78 is 1.94. The molecule has 3 aromatic rings. The van der Waals surface area contributed by atoms with Crippen molar-refractivity contribution >= 4 is 45.7 Å². The summed E-state index contributed by atoms with van der Waals surface area (Å²) in [5.74, 6) is 0. The third-order valence-electron chi connectivity index (χ3n) is 3.18. The van der Waals surface area contributed by atoms with E-state index in [1.54, 1.807) is 24.3 Å². The summed E-state index contributed by atoms with van der Waals surface area (Å²) >= 11 is 6.48. The SMILES string of the molecule is O=[N+]([O-])c1ccc(Nc2nn(-c3ccc([N+](=O)[O-])cc3)c(=S)s2)cc1. The van der Waals surface area contributed by atoms with Gasteiger partial charge in [0.05, 0.1) is 15.5 Å². The van der Waals surface area contributed by atoms with Crippen molar-refractivity contribution in [1.82, 2.24) is 9.78 Å². The van der Waals surface area contributed by atoms with Gasteiger partial charge in [0.1, 0.15) is 0 Å². The molecule has 1 aromatic heterocycles. The van der Waals surface area contributed by atoms with E-state index < -0.39 is 9.85 Å². The summed E-state index contributed by atoms with van der Waals surface area (Å²) in [5, 5.41) is 29.2. The molecular weight excluding hydrogens is 366 g/mol. The van der Waals surface area contributed by atoms with Crippen LogP contribution in [-0.2, 0) is 0 Å². The van der Waals surface area contributed by atoms with Crippen LogP contribution in [0.15, 0.2) is 48.5 Å². The van der Waals surface area contributed by atoms with Gasteiger partial charge < -0.3 is 5.32 Å². The molecule has 1 heterocycles. The van der Waals surface area contributed by atoms with Crippen molar-refractivity contribution in [2.45, 2.75) is 0 Å². The van der Waals surface area contributed by atoms with Crippen molar-refractivity contribution in [3.8, 4) is 5.69 Å². The lowest BCUT2D eigenvalue weighted by atomic mass is 10.3. The fourth-order valence-corrected chi connectivity index (χ4v) is 3.07. The van der Waals surface area contributed by atoms with Crippen molar-refractivity contribution in [2.24, 2.45) is 0 Å². The van der Waals surface area contributed by atoms with E-state index in [1.165, 1.54) is 40.3 Å². The first-order chi connectivity index (χ1) is 11.9. The van der Waals surface area contributed by atoms with Crippen LogP contribution in [0.5, 0.6) is 0 Å². The average Bonchev–Trinajstić information content (AvgIpc) is 2.95. The Morgan fingerprint density at radius 3 is 2.00 bits per heavy atom. The van der Waals surface area contributed by atoms with Gasteiger partial charge in [0.15, 0.2) is 3.95 Å². The van der Waals surface area contributed by atoms with Crippen molar-refractivity contribution in [1.29, 1.82) is 0 Å². The number of aromatic nitrogens is 2. The zero-order chi connectivity index (χ0) is 18.0. The lowest BCUT2D eigenvalue weighted by Gasteiger charge is -2.02. The molecule has 25 heavy (non-hydrogen) atoms. The van der Waals surface area contributed by atoms with Crippen molar-refractivity contribution in [3.05, 3.63) is 72.7 Å². The lowest BCUT2D eigenvalue weighted by Crippen LogP contribution is -1.98. The summed E-state index contributed by atoms with van der Waals surface area (Å²) in [6, 6.07) is 11.8. The van der Waals surface area contributed by atoms with Gasteiger partial charge in [-0.05, 0) is 36.5 Å². The molecular formula is C14H9N5O4S2. The van der Waals surface area contributed by atoms with E-state index in [4.69, 9.17) is 12.2 Å². The van der Waals surface area contributed by atoms with Gasteiger partial charge in [0.2, 0.25) is 5.13 Å². The van der Waals surface area contributed by atoms with E-state index in [0.29, 0.717) is 20.5 Å². The molecule has 3 rings (SSSR count). The Kier molecular flexibility index (Phi) is 4.50. The minimum atomic E-state index is -0.480. The van der Waals surface area contributed by atoms with E-state index in [-0.39, 0.29) is 11.4 Å². The molecule has 2 aromatic carbocycles. The predicted molar refractivity (Wildman–Crippen MR) is 95.3 cm³/mol. The summed E-state index contributed by atoms with van der Waals surface area (Å²) in [6.07, 6.45) is 0. The first-order valence-corrected chi connectivity index (χ1v) is 8.03. The molecule has 0 saturated carbocycles. The maximum Gasteiger partial charge on any atom is 0.269 e. The van der Waals surface area contributed by atoms with Crippen LogP contribution < -0.4 is 5.32 Å². The van der Waals surface area contributed by atoms with Crippen molar-refractivity contribution in [3.63, 3.8) is 0 Å². The fraction of sp³-hybridized carbons (Fsp3) is 0. The molecule has 9 nitrogen and oxygen atoms in total. The molecule has 11 heteroatoms. The molecule has 0 amide bonds. The molecule has 0 aliphatic carbocycles. The molecule has 1 N–H and O–H groups in total. The lowest BCUT2D eigenvalue weighted by molar-refractivity contribution is -0.385. The van der Waals surface area contributed by atoms with E-state index in [2.05, 4.69) is 10.4 Å². The topological polar surface area (TPSA) is 116 Å². The van der Waals surface area contributed by atoms with Crippen molar-refractivity contribution < 1.29 is 9.85 Å². The van der Waals surface area contributed by atoms with E-state index >= 15 is 0 Å². The van der Waals surface area contributed by atoms with E-state index in [1.807, 2.05) is 0 Å². The molecule has 0 atom stereocenters. The third-order valence-corrected chi connectivity index (χ3v) is 4.33. The maximum atomic E-state index is 10.7. The Hall–Kier alpha value is -3.18. The number of nitrogens with zero attached hydrogens (tertiary/aromatic N) is 4. The van der Waals surface area contributed by atoms with Crippen LogP contribution in [0.1, 0.15) is 0 Å². The van der Waals surface area contributed by atoms with Crippen LogP contribution in [0, 0.1) is 24.2 Å². The fourth-order valence-electron chi connectivity index (χ4n) is 2.00. The van der Waals surface area contributed by atoms with Gasteiger partial charge in [-0.1, -0.05) is 11.3 Å². The highest BCUT2D eigenvalue weighted by atomic mass is 32.1. The first-order valence-electron chi connectivity index (χ1n) is 6.80. The van der Waals surface area contributed by atoms with Crippen LogP contribution in [0.2, 0.25) is 0 Å². The van der Waals surface area contributed by atoms with Crippen LogP contribution in [-0.4, -0.2) is 19.6 Å². The summed E-state index contributed by atoms with van der Waals surface area (Å²) in [7, 11) is 0. The van der Waals surface area contributed by atoms with Gasteiger partial charge in [0.25, 0.3) is 11.4 Å². The third kappa shape index (κ3) is 3.67. The van der Waals surface area contributed by atoms with E-state index in [9.17, 15) is 20.2 Å². The van der Waals surface area contributed by atoms with Gasteiger partial charge in [-0.2, -0.15) is 0 Å². The number of hydrogen-bond donors (Lipinski definition) is 1. The second-order valence-electron chi connectivity index (χ2n) is 4.79. The number of rotatable bonds is 5. The molecule has 0 aliphatic rings. The number of non-ortho nitro benzene ring substituents is 2. The summed E-state index contributed by atoms with van der Waals surface area (Å²) in [6.45, 7) is 0. The zero-order valence-corrected chi connectivity index (χ0v) is 14.0. The van der Waals surface area contributed by atoms with Gasteiger partial charge in [-0.15, -0.1) is 5.10 Å². The Morgan fingerprint density at radius 1 is 0.960 bits per heavy atom. The van der Waals surface area contributed by atoms with E-state index in [0.717, 1.165) is 0 Å². The second kappa shape index (κ2) is 6.75. The molecule has 0 aliphatic heterocycles. The minimum absolute atomic E-state index is 0.00501. The molecule has 0 radical (unpaired) electrons. The number of nitro benzene ring substituents is 2. The Labute approximate surface area is 149 Å². The monoisotopic (exact) mass is 375 g/mol. The summed E-state index contributed by atoms with van der Waals surface area (Å²) in [5.41, 5.74) is 1.21. The number of anilines is 2. The van der Waals surface area contributed by atoms with Crippen LogP contribution in [0.4, 0.5) is 22.2 Å². The molecule has 0 bridgehead atoms. The largest absolute Gasteiger partial charge is 0.330 e. The second-order valence-corrected chi connectivity index (χ2v) is 6.41. The number of nitrogens with one attached hydrogen (secondary N) is 1. The van der Waals surface area contributed by atoms with Crippen LogP contribution in [0.3, 0.4) is 0 Å². The maximum absolute atomic E-state index is 10.7. The van der Waals surface area contributed by atoms with Crippen LogP contribution >= 0.6 is 23.6 Å². The highest BCUT2D eigenvalue weighted by Crippen LogP contribution is 2.24. The quantitative estimate of drug-likeness (QED) is 0.403. The van der Waals surface area contributed by atoms with Crippen LogP contribution in [0.25, 0.3) is 5.69 Å². The zero-order valence-electron chi connectivity index (χ0n) is 12.4. The number of nitro groups is 2. The van der Waals surface area contributed by atoms with Gasteiger partial charge >= 0.3 is 0 Å². The minimum Gasteiger partial charge on any atom is -0.330 e. The number of benzene rings is 2. The first kappa shape index (κ1) is 16.7. The molecule has 0 saturated heterocycles. The van der Waals surface area contributed by atoms with Gasteiger partial charge in [-0.25, -0.2) is 4.68 Å². The van der Waals surface area contributed by atoms with Gasteiger partial charge in [-0.3, -0.25) is 20.2 Å². The smallest absolute Gasteiger partial charge is 0.269 e. The van der Waals surface area contributed by atoms with Gasteiger partial charge in [0, 0.05) is 30.0 Å². The molecule has 126 valence electrons. The average molecular weight is 375 g/mol. The Balaban J connectivity index is 1.83. The molecule has 0 spiro atoms. The van der Waals surface area contributed by atoms with Crippen molar-refractivity contribution in [2.75, 3.05) is 5.32 Å². The molecule has 0 fully saturated rings. The highest BCUT2D eigenvalue weighted by Gasteiger charge is 2.10. The number of hydrogen-bond acceptors (Lipinski definition) is 8. The predicted octanol–water partition coefficient (Wildman–Crippen LogP) is 4.22. The standard InChI is InChI=1S/C14H9N5O4S2/c20-18(21)11-3-1-9(2-4-11)15-13-16-17(14(24)25-13)10-5-7-12(8-6-10)19(22)23/h1-8H,(H,15,16). The summed E-state index contributed by atoms with van der Waals surface area (Å²) in [4.78, 5) is 20.4. The Morgan fingerprint density at radius 2 is 1.48 bits per heavy atom. The Bertz CT molecular complexity index is 995. The molecule has 0 unspecified atom stereocenters. The normalized spacial score (nSPS) is 10.4.